The average Bonchev–Trinajstić information content (AvgIpc) is 2.95. The number of benzene rings is 2. The molecule has 140 valence electrons. The van der Waals surface area contributed by atoms with Gasteiger partial charge in [-0.2, -0.15) is 0 Å². The van der Waals surface area contributed by atoms with Crippen molar-refractivity contribution in [2.24, 2.45) is 5.73 Å². The van der Waals surface area contributed by atoms with Crippen LogP contribution in [0, 0.1) is 0 Å². The van der Waals surface area contributed by atoms with Crippen LogP contribution in [0.1, 0.15) is 24.4 Å². The van der Waals surface area contributed by atoms with Crippen molar-refractivity contribution in [2.45, 2.75) is 18.9 Å². The molecule has 1 aliphatic rings. The Labute approximate surface area is 159 Å². The lowest BCUT2D eigenvalue weighted by Crippen LogP contribution is -2.25. The molecule has 1 aliphatic heterocycles. The van der Waals surface area contributed by atoms with E-state index in [1.54, 1.807) is 24.3 Å². The highest BCUT2D eigenvalue weighted by molar-refractivity contribution is 7.93. The Morgan fingerprint density at radius 3 is 2.35 bits per heavy atom. The van der Waals surface area contributed by atoms with Crippen molar-refractivity contribution in [1.82, 2.24) is 0 Å². The summed E-state index contributed by atoms with van der Waals surface area (Å²) >= 11 is 0. The quantitative estimate of drug-likeness (QED) is 0.813. The lowest BCUT2D eigenvalue weighted by molar-refractivity contribution is -0.116. The first-order chi connectivity index (χ1) is 12.0. The van der Waals surface area contributed by atoms with Gasteiger partial charge in [-0.3, -0.25) is 9.10 Å². The molecule has 2 aromatic rings. The van der Waals surface area contributed by atoms with Crippen LogP contribution in [0.4, 0.5) is 11.4 Å². The van der Waals surface area contributed by atoms with E-state index < -0.39 is 10.0 Å². The van der Waals surface area contributed by atoms with E-state index in [0.717, 1.165) is 5.56 Å². The third-order valence-electron chi connectivity index (χ3n) is 4.17. The molecule has 0 bridgehead atoms. The Balaban J connectivity index is 0.00000243. The maximum absolute atomic E-state index is 12.1. The van der Waals surface area contributed by atoms with Crippen molar-refractivity contribution in [3.05, 3.63) is 60.2 Å². The topological polar surface area (TPSA) is 92.5 Å². The lowest BCUT2D eigenvalue weighted by atomic mass is 10.0. The monoisotopic (exact) mass is 395 g/mol. The summed E-state index contributed by atoms with van der Waals surface area (Å²) < 4.78 is 25.3. The van der Waals surface area contributed by atoms with Crippen molar-refractivity contribution in [3.8, 4) is 0 Å². The van der Waals surface area contributed by atoms with Crippen LogP contribution in [-0.2, 0) is 14.8 Å². The van der Waals surface area contributed by atoms with Gasteiger partial charge in [0.05, 0.1) is 11.4 Å². The van der Waals surface area contributed by atoms with Crippen LogP contribution >= 0.6 is 12.4 Å². The molecule has 0 aromatic heterocycles. The van der Waals surface area contributed by atoms with Gasteiger partial charge in [0.2, 0.25) is 15.9 Å². The number of carbonyl (C=O) groups excluding carboxylic acids is 1. The number of anilines is 2. The van der Waals surface area contributed by atoms with Crippen molar-refractivity contribution in [3.63, 3.8) is 0 Å². The minimum absolute atomic E-state index is 0. The molecule has 0 radical (unpaired) electrons. The molecule has 3 rings (SSSR count). The first kappa shape index (κ1) is 20.2. The number of hydrogen-bond donors (Lipinski definition) is 2. The molecular formula is C18H22ClN3O3S. The molecule has 6 nitrogen and oxygen atoms in total. The number of halogens is 1. The molecule has 1 fully saturated rings. The summed E-state index contributed by atoms with van der Waals surface area (Å²) in [6.07, 6.45) is 0.810. The van der Waals surface area contributed by atoms with Crippen LogP contribution in [0.15, 0.2) is 54.6 Å². The lowest BCUT2D eigenvalue weighted by Gasteiger charge is -2.17. The van der Waals surface area contributed by atoms with E-state index in [2.05, 4.69) is 5.32 Å². The van der Waals surface area contributed by atoms with E-state index in [1.807, 2.05) is 30.3 Å². The molecule has 3 N–H and O–H groups in total. The van der Waals surface area contributed by atoms with E-state index in [9.17, 15) is 13.2 Å². The number of nitrogens with two attached hydrogens (primary N) is 1. The van der Waals surface area contributed by atoms with Gasteiger partial charge >= 0.3 is 0 Å². The standard InChI is InChI=1S/C18H21N3O3S.ClH/c19-17(14-5-2-1-3-6-14)13-18(22)20-15-7-9-16(10-8-15)21-11-4-12-25(21,23)24;/h1-3,5-10,17H,4,11-13,19H2,(H,20,22);1H. The summed E-state index contributed by atoms with van der Waals surface area (Å²) in [6, 6.07) is 15.9. The summed E-state index contributed by atoms with van der Waals surface area (Å²) in [6.45, 7) is 0.500. The summed E-state index contributed by atoms with van der Waals surface area (Å²) in [5.41, 5.74) is 8.20. The molecule has 0 spiro atoms. The molecule has 1 atom stereocenters. The Hall–Kier alpha value is -2.09. The molecule has 0 saturated carbocycles. The second-order valence-electron chi connectivity index (χ2n) is 6.06. The summed E-state index contributed by atoms with van der Waals surface area (Å²) in [5.74, 6) is 0.000892. The normalized spacial score (nSPS) is 16.6. The van der Waals surface area contributed by atoms with Crippen LogP contribution in [0.5, 0.6) is 0 Å². The van der Waals surface area contributed by atoms with Crippen LogP contribution in [-0.4, -0.2) is 26.6 Å². The van der Waals surface area contributed by atoms with Gasteiger partial charge in [-0.15, -0.1) is 12.4 Å². The maximum atomic E-state index is 12.1. The van der Waals surface area contributed by atoms with Crippen LogP contribution < -0.4 is 15.4 Å². The summed E-state index contributed by atoms with van der Waals surface area (Å²) in [7, 11) is -3.19. The smallest absolute Gasteiger partial charge is 0.235 e. The molecule has 1 heterocycles. The molecule has 26 heavy (non-hydrogen) atoms. The molecule has 1 saturated heterocycles. The largest absolute Gasteiger partial charge is 0.326 e. The second-order valence-corrected chi connectivity index (χ2v) is 8.07. The summed E-state index contributed by atoms with van der Waals surface area (Å²) in [4.78, 5) is 12.1. The number of sulfonamides is 1. The molecule has 1 unspecified atom stereocenters. The SMILES string of the molecule is Cl.NC(CC(=O)Nc1ccc(N2CCCS2(=O)=O)cc1)c1ccccc1. The van der Waals surface area contributed by atoms with E-state index in [-0.39, 0.29) is 36.5 Å². The minimum Gasteiger partial charge on any atom is -0.326 e. The zero-order valence-corrected chi connectivity index (χ0v) is 15.8. The number of nitrogens with one attached hydrogen (secondary N) is 1. The number of nitrogens with zero attached hydrogens (tertiary/aromatic N) is 1. The Morgan fingerprint density at radius 2 is 1.77 bits per heavy atom. The number of rotatable bonds is 5. The summed E-state index contributed by atoms with van der Waals surface area (Å²) in [5, 5.41) is 2.79. The van der Waals surface area contributed by atoms with Gasteiger partial charge in [-0.25, -0.2) is 8.42 Å². The van der Waals surface area contributed by atoms with Gasteiger partial charge in [0.25, 0.3) is 0 Å². The van der Waals surface area contributed by atoms with Gasteiger partial charge in [0.1, 0.15) is 0 Å². The fourth-order valence-corrected chi connectivity index (χ4v) is 4.43. The minimum atomic E-state index is -3.19. The number of amides is 1. The molecule has 1 amide bonds. The van der Waals surface area contributed by atoms with Gasteiger partial charge < -0.3 is 11.1 Å². The predicted octanol–water partition coefficient (Wildman–Crippen LogP) is 2.68. The van der Waals surface area contributed by atoms with E-state index in [1.165, 1.54) is 4.31 Å². The predicted molar refractivity (Wildman–Crippen MR) is 106 cm³/mol. The highest BCUT2D eigenvalue weighted by Crippen LogP contribution is 2.25. The van der Waals surface area contributed by atoms with Crippen LogP contribution in [0.25, 0.3) is 0 Å². The van der Waals surface area contributed by atoms with Crippen molar-refractivity contribution in [2.75, 3.05) is 21.9 Å². The van der Waals surface area contributed by atoms with Gasteiger partial charge in [0, 0.05) is 24.7 Å². The zero-order valence-electron chi connectivity index (χ0n) is 14.2. The first-order valence-corrected chi connectivity index (χ1v) is 9.77. The number of carbonyl (C=O) groups is 1. The third kappa shape index (κ3) is 4.75. The van der Waals surface area contributed by atoms with E-state index >= 15 is 0 Å². The third-order valence-corrected chi connectivity index (χ3v) is 6.04. The zero-order chi connectivity index (χ0) is 17.9. The highest BCUT2D eigenvalue weighted by atomic mass is 35.5. The molecule has 2 aromatic carbocycles. The van der Waals surface area contributed by atoms with Crippen molar-refractivity contribution >= 4 is 39.7 Å². The molecular weight excluding hydrogens is 374 g/mol. The van der Waals surface area contributed by atoms with Crippen LogP contribution in [0.2, 0.25) is 0 Å². The average molecular weight is 396 g/mol. The van der Waals surface area contributed by atoms with Crippen LogP contribution in [0.3, 0.4) is 0 Å². The van der Waals surface area contributed by atoms with Gasteiger partial charge in [0.15, 0.2) is 0 Å². The molecule has 8 heteroatoms. The fourth-order valence-electron chi connectivity index (χ4n) is 2.87. The van der Waals surface area contributed by atoms with Gasteiger partial charge in [-0.05, 0) is 36.2 Å². The second kappa shape index (κ2) is 8.53. The molecule has 0 aliphatic carbocycles. The first-order valence-electron chi connectivity index (χ1n) is 8.16. The van der Waals surface area contributed by atoms with E-state index in [4.69, 9.17) is 5.73 Å². The van der Waals surface area contributed by atoms with Gasteiger partial charge in [-0.1, -0.05) is 30.3 Å². The van der Waals surface area contributed by atoms with Crippen molar-refractivity contribution < 1.29 is 13.2 Å². The Bertz CT molecular complexity index is 842. The highest BCUT2D eigenvalue weighted by Gasteiger charge is 2.28. The Kier molecular flexibility index (Phi) is 6.63. The maximum Gasteiger partial charge on any atom is 0.235 e. The Morgan fingerprint density at radius 1 is 1.12 bits per heavy atom. The fraction of sp³-hybridized carbons (Fsp3) is 0.278. The van der Waals surface area contributed by atoms with E-state index in [0.29, 0.717) is 24.3 Å². The number of hydrogen-bond acceptors (Lipinski definition) is 4. The van der Waals surface area contributed by atoms with Crippen molar-refractivity contribution in [1.29, 1.82) is 0 Å².